The van der Waals surface area contributed by atoms with Crippen LogP contribution in [0.5, 0.6) is 0 Å². The Morgan fingerprint density at radius 3 is 2.69 bits per heavy atom. The van der Waals surface area contributed by atoms with Crippen molar-refractivity contribution in [1.82, 2.24) is 24.9 Å². The minimum Gasteiger partial charge on any atom is -0.441 e. The van der Waals surface area contributed by atoms with E-state index in [1.54, 1.807) is 18.5 Å². The summed E-state index contributed by atoms with van der Waals surface area (Å²) in [5.41, 5.74) is 9.90. The second-order valence-electron chi connectivity index (χ2n) is 10.6. The molecule has 4 aromatic rings. The van der Waals surface area contributed by atoms with Crippen LogP contribution in [0.4, 0.5) is 4.39 Å². The van der Waals surface area contributed by atoms with Gasteiger partial charge in [-0.15, -0.1) is 0 Å². The average molecular weight is 483 g/mol. The highest BCUT2D eigenvalue weighted by molar-refractivity contribution is 6.05. The normalized spacial score (nSPS) is 23.6. The van der Waals surface area contributed by atoms with Gasteiger partial charge in [0.25, 0.3) is 0 Å². The molecule has 0 amide bonds. The summed E-state index contributed by atoms with van der Waals surface area (Å²) in [7, 11) is 0. The van der Waals surface area contributed by atoms with E-state index in [-0.39, 0.29) is 16.8 Å². The Bertz CT molecular complexity index is 1540. The molecule has 2 aliphatic heterocycles. The van der Waals surface area contributed by atoms with Gasteiger partial charge in [0.05, 0.1) is 29.8 Å². The van der Waals surface area contributed by atoms with E-state index in [0.29, 0.717) is 6.54 Å². The van der Waals surface area contributed by atoms with E-state index < -0.39 is 0 Å². The minimum absolute atomic E-state index is 0.219. The Morgan fingerprint density at radius 2 is 1.94 bits per heavy atom. The fourth-order valence-electron chi connectivity index (χ4n) is 5.74. The topological polar surface area (TPSA) is 71.5 Å². The quantitative estimate of drug-likeness (QED) is 0.437. The number of benzene rings is 2. The summed E-state index contributed by atoms with van der Waals surface area (Å²) in [6.07, 6.45) is 10.9. The first kappa shape index (κ1) is 21.4. The van der Waals surface area contributed by atoms with Crippen LogP contribution in [0, 0.1) is 18.2 Å². The Hall–Kier alpha value is -3.94. The zero-order chi connectivity index (χ0) is 24.5. The van der Waals surface area contributed by atoms with Crippen LogP contribution in [-0.2, 0) is 5.54 Å². The molecule has 3 aliphatic rings. The number of nitrogens with zero attached hydrogens (tertiary/aromatic N) is 5. The van der Waals surface area contributed by atoms with Crippen molar-refractivity contribution >= 4 is 23.0 Å². The molecule has 7 rings (SSSR count). The molecule has 0 bridgehead atoms. The molecule has 2 aromatic heterocycles. The number of piperidine rings is 1. The number of aromatic nitrogens is 3. The predicted molar refractivity (Wildman–Crippen MR) is 136 cm³/mol. The maximum atomic E-state index is 13.7. The van der Waals surface area contributed by atoms with Gasteiger partial charge in [0, 0.05) is 18.3 Å². The standard InChI is InChI=1S/C28H27FN6O/c1-18-13-34(16-30-18)23-8-3-19(24-25(23)36-17-31-24)11-20-12-28(9-10-28)15-35-26(20)33-32-14-27(35,2)21-4-6-22(29)7-5-21/h3-8,11,13,16-17,32H,9-10,12,14-15H2,1-2H3/b20-11+. The van der Waals surface area contributed by atoms with E-state index in [1.807, 2.05) is 29.8 Å². The van der Waals surface area contributed by atoms with Crippen LogP contribution in [0.15, 0.2) is 70.4 Å². The summed E-state index contributed by atoms with van der Waals surface area (Å²) in [6.45, 7) is 5.81. The highest BCUT2D eigenvalue weighted by Gasteiger charge is 2.53. The third-order valence-corrected chi connectivity index (χ3v) is 8.04. The number of oxazole rings is 1. The molecule has 1 saturated heterocycles. The highest BCUT2D eigenvalue weighted by atomic mass is 19.1. The summed E-state index contributed by atoms with van der Waals surface area (Å²) >= 11 is 0. The number of aryl methyl sites for hydroxylation is 1. The first-order valence-electron chi connectivity index (χ1n) is 12.4. The second-order valence-corrected chi connectivity index (χ2v) is 10.6. The third-order valence-electron chi connectivity index (χ3n) is 8.04. The van der Waals surface area contributed by atoms with E-state index in [9.17, 15) is 4.39 Å². The minimum atomic E-state index is -0.327. The van der Waals surface area contributed by atoms with E-state index >= 15 is 0 Å². The number of halogens is 1. The molecule has 1 unspecified atom stereocenters. The number of fused-ring (bicyclic) bond motifs is 2. The lowest BCUT2D eigenvalue weighted by Crippen LogP contribution is -2.60. The van der Waals surface area contributed by atoms with E-state index in [1.165, 1.54) is 24.8 Å². The Kier molecular flexibility index (Phi) is 4.46. The van der Waals surface area contributed by atoms with Crippen molar-refractivity contribution in [2.45, 2.75) is 38.6 Å². The van der Waals surface area contributed by atoms with Gasteiger partial charge >= 0.3 is 0 Å². The molecule has 1 aliphatic carbocycles. The molecule has 1 N–H and O–H groups in total. The van der Waals surface area contributed by atoms with Crippen molar-refractivity contribution in [1.29, 1.82) is 0 Å². The van der Waals surface area contributed by atoms with Crippen molar-refractivity contribution in [3.05, 3.63) is 83.5 Å². The van der Waals surface area contributed by atoms with Crippen LogP contribution < -0.4 is 5.43 Å². The maximum Gasteiger partial charge on any atom is 0.182 e. The Labute approximate surface area is 208 Å². The van der Waals surface area contributed by atoms with Crippen molar-refractivity contribution in [3.8, 4) is 5.69 Å². The Morgan fingerprint density at radius 1 is 1.11 bits per heavy atom. The monoisotopic (exact) mass is 482 g/mol. The van der Waals surface area contributed by atoms with Crippen molar-refractivity contribution in [2.24, 2.45) is 10.5 Å². The lowest BCUT2D eigenvalue weighted by atomic mass is 9.81. The summed E-state index contributed by atoms with van der Waals surface area (Å²) in [4.78, 5) is 11.4. The van der Waals surface area contributed by atoms with Crippen molar-refractivity contribution in [3.63, 3.8) is 0 Å². The van der Waals surface area contributed by atoms with Crippen LogP contribution >= 0.6 is 0 Å². The summed E-state index contributed by atoms with van der Waals surface area (Å²) in [6, 6.07) is 11.0. The van der Waals surface area contributed by atoms with E-state index in [2.05, 4.69) is 45.4 Å². The van der Waals surface area contributed by atoms with Gasteiger partial charge in [-0.2, -0.15) is 5.10 Å². The van der Waals surface area contributed by atoms with E-state index in [0.717, 1.165) is 52.4 Å². The lowest BCUT2D eigenvalue weighted by molar-refractivity contribution is 0.130. The molecule has 2 fully saturated rings. The maximum absolute atomic E-state index is 13.7. The average Bonchev–Trinajstić information content (AvgIpc) is 3.23. The molecule has 1 saturated carbocycles. The molecule has 182 valence electrons. The SMILES string of the molecule is Cc1cn(-c2ccc(/C=C3\CC4(CC4)CN4C3=NNCC4(C)c3ccc(F)cc3)c3ncoc23)cn1. The summed E-state index contributed by atoms with van der Waals surface area (Å²) < 4.78 is 21.5. The van der Waals surface area contributed by atoms with Gasteiger partial charge < -0.3 is 19.3 Å². The van der Waals surface area contributed by atoms with Crippen LogP contribution in [0.2, 0.25) is 0 Å². The molecular formula is C28H27FN6O. The number of hydrogen-bond donors (Lipinski definition) is 1. The molecule has 4 heterocycles. The number of imidazole rings is 1. The number of amidine groups is 1. The number of hydrogen-bond acceptors (Lipinski definition) is 6. The molecule has 7 nitrogen and oxygen atoms in total. The molecule has 0 radical (unpaired) electrons. The molecule has 8 heteroatoms. The van der Waals surface area contributed by atoms with Crippen molar-refractivity contribution < 1.29 is 8.81 Å². The number of hydrazone groups is 1. The zero-order valence-electron chi connectivity index (χ0n) is 20.3. The van der Waals surface area contributed by atoms with Gasteiger partial charge in [-0.3, -0.25) is 0 Å². The van der Waals surface area contributed by atoms with Crippen LogP contribution in [0.25, 0.3) is 22.9 Å². The van der Waals surface area contributed by atoms with Gasteiger partial charge in [0.15, 0.2) is 17.8 Å². The molecule has 36 heavy (non-hydrogen) atoms. The largest absolute Gasteiger partial charge is 0.441 e. The van der Waals surface area contributed by atoms with Crippen LogP contribution in [0.3, 0.4) is 0 Å². The molecular weight excluding hydrogens is 455 g/mol. The fourth-order valence-corrected chi connectivity index (χ4v) is 5.74. The van der Waals surface area contributed by atoms with Gasteiger partial charge in [-0.05, 0) is 73.9 Å². The Balaban J connectivity index is 1.32. The van der Waals surface area contributed by atoms with Crippen LogP contribution in [0.1, 0.15) is 43.0 Å². The van der Waals surface area contributed by atoms with Gasteiger partial charge in [-0.1, -0.05) is 18.2 Å². The number of rotatable bonds is 3. The first-order chi connectivity index (χ1) is 17.4. The molecule has 1 atom stereocenters. The van der Waals surface area contributed by atoms with Gasteiger partial charge in [-0.25, -0.2) is 14.4 Å². The fraction of sp³-hybridized carbons (Fsp3) is 0.321. The third kappa shape index (κ3) is 3.27. The summed E-state index contributed by atoms with van der Waals surface area (Å²) in [5, 5.41) is 4.79. The first-order valence-corrected chi connectivity index (χ1v) is 12.4. The molecule has 1 spiro atoms. The van der Waals surface area contributed by atoms with Gasteiger partial charge in [0.1, 0.15) is 11.3 Å². The highest BCUT2D eigenvalue weighted by Crippen LogP contribution is 2.56. The van der Waals surface area contributed by atoms with Crippen molar-refractivity contribution in [2.75, 3.05) is 13.1 Å². The number of nitrogens with one attached hydrogen (secondary N) is 1. The van der Waals surface area contributed by atoms with Crippen LogP contribution in [-0.4, -0.2) is 38.4 Å². The second kappa shape index (κ2) is 7.53. The zero-order valence-corrected chi connectivity index (χ0v) is 20.3. The predicted octanol–water partition coefficient (Wildman–Crippen LogP) is 5.16. The smallest absolute Gasteiger partial charge is 0.182 e. The van der Waals surface area contributed by atoms with Gasteiger partial charge in [0.2, 0.25) is 0 Å². The lowest BCUT2D eigenvalue weighted by Gasteiger charge is -2.51. The summed E-state index contributed by atoms with van der Waals surface area (Å²) in [5.74, 6) is 0.736. The van der Waals surface area contributed by atoms with E-state index in [4.69, 9.17) is 9.52 Å². The molecule has 2 aromatic carbocycles.